The van der Waals surface area contributed by atoms with E-state index in [2.05, 4.69) is 31.2 Å². The molecule has 0 bridgehead atoms. The highest BCUT2D eigenvalue weighted by molar-refractivity contribution is 5.92. The summed E-state index contributed by atoms with van der Waals surface area (Å²) in [6.45, 7) is 7.10. The Morgan fingerprint density at radius 2 is 1.90 bits per heavy atom. The summed E-state index contributed by atoms with van der Waals surface area (Å²) in [6.07, 6.45) is 0.957. The molecule has 3 rings (SSSR count). The van der Waals surface area contributed by atoms with Gasteiger partial charge in [0.1, 0.15) is 5.82 Å². The van der Waals surface area contributed by atoms with Gasteiger partial charge in [0.2, 0.25) is 5.91 Å². The van der Waals surface area contributed by atoms with Gasteiger partial charge in [-0.2, -0.15) is 0 Å². The fraction of sp³-hybridized carbons (Fsp3) is 0.318. The van der Waals surface area contributed by atoms with Crippen LogP contribution in [0.1, 0.15) is 35.1 Å². The lowest BCUT2D eigenvalue weighted by molar-refractivity contribution is 0.100. The molecule has 29 heavy (non-hydrogen) atoms. The van der Waals surface area contributed by atoms with Gasteiger partial charge in [0.15, 0.2) is 5.96 Å². The van der Waals surface area contributed by atoms with E-state index in [-0.39, 0.29) is 0 Å². The minimum atomic E-state index is -0.420. The van der Waals surface area contributed by atoms with Crippen LogP contribution >= 0.6 is 0 Å². The number of primary amides is 1. The number of nitrogens with zero attached hydrogens (tertiary/aromatic N) is 3. The van der Waals surface area contributed by atoms with Crippen molar-refractivity contribution in [2.24, 2.45) is 10.7 Å². The van der Waals surface area contributed by atoms with Crippen LogP contribution in [0, 0.1) is 6.92 Å². The van der Waals surface area contributed by atoms with E-state index in [0.29, 0.717) is 12.1 Å². The molecule has 152 valence electrons. The molecular weight excluding hydrogens is 364 g/mol. The molecule has 1 aromatic heterocycles. The number of aromatic nitrogens is 2. The van der Waals surface area contributed by atoms with Gasteiger partial charge >= 0.3 is 0 Å². The van der Waals surface area contributed by atoms with Crippen molar-refractivity contribution in [3.8, 4) is 0 Å². The third-order valence-electron chi connectivity index (χ3n) is 4.70. The Labute approximate surface area is 171 Å². The number of hydrogen-bond donors (Lipinski definition) is 3. The Bertz CT molecular complexity index is 990. The van der Waals surface area contributed by atoms with E-state index in [9.17, 15) is 4.79 Å². The number of aliphatic imine (C=N–C) groups is 1. The smallest absolute Gasteiger partial charge is 0.248 e. The van der Waals surface area contributed by atoms with Gasteiger partial charge in [-0.3, -0.25) is 4.79 Å². The predicted octanol–water partition coefficient (Wildman–Crippen LogP) is 2.59. The topological polar surface area (TPSA) is 97.3 Å². The summed E-state index contributed by atoms with van der Waals surface area (Å²) in [5, 5.41) is 6.64. The van der Waals surface area contributed by atoms with Crippen LogP contribution in [0.25, 0.3) is 11.0 Å². The lowest BCUT2D eigenvalue weighted by atomic mass is 10.1. The molecule has 0 saturated carbocycles. The second-order valence-corrected chi connectivity index (χ2v) is 6.84. The fourth-order valence-corrected chi connectivity index (χ4v) is 3.21. The van der Waals surface area contributed by atoms with E-state index >= 15 is 0 Å². The van der Waals surface area contributed by atoms with Gasteiger partial charge in [-0.15, -0.1) is 0 Å². The average Bonchev–Trinajstić information content (AvgIpc) is 3.04. The zero-order valence-electron chi connectivity index (χ0n) is 17.0. The maximum atomic E-state index is 11.2. The number of amides is 1. The number of rotatable bonds is 8. The van der Waals surface area contributed by atoms with Crippen LogP contribution < -0.4 is 16.4 Å². The zero-order valence-corrected chi connectivity index (χ0v) is 17.0. The van der Waals surface area contributed by atoms with E-state index < -0.39 is 5.91 Å². The Kier molecular flexibility index (Phi) is 6.84. The van der Waals surface area contributed by atoms with Gasteiger partial charge in [0.25, 0.3) is 0 Å². The number of nitrogens with one attached hydrogen (secondary N) is 2. The van der Waals surface area contributed by atoms with Gasteiger partial charge in [-0.25, -0.2) is 9.98 Å². The molecule has 7 heteroatoms. The monoisotopic (exact) mass is 392 g/mol. The summed E-state index contributed by atoms with van der Waals surface area (Å²) in [5.41, 5.74) is 9.01. The maximum Gasteiger partial charge on any atom is 0.248 e. The number of carbonyl (C=O) groups excluding carboxylic acids is 1. The maximum absolute atomic E-state index is 11.2. The molecule has 0 aliphatic rings. The molecular formula is C22H28N6O. The number of guanidine groups is 1. The van der Waals surface area contributed by atoms with Crippen LogP contribution in [-0.2, 0) is 13.1 Å². The quantitative estimate of drug-likeness (QED) is 0.312. The van der Waals surface area contributed by atoms with Crippen LogP contribution in [0.4, 0.5) is 0 Å². The van der Waals surface area contributed by atoms with Crippen molar-refractivity contribution in [2.75, 3.05) is 13.1 Å². The van der Waals surface area contributed by atoms with Gasteiger partial charge in [0, 0.05) is 25.2 Å². The predicted molar refractivity (Wildman–Crippen MR) is 117 cm³/mol. The number of carbonyl (C=O) groups is 1. The second-order valence-electron chi connectivity index (χ2n) is 6.84. The molecule has 0 aliphatic carbocycles. The highest BCUT2D eigenvalue weighted by atomic mass is 16.1. The molecule has 0 unspecified atom stereocenters. The number of benzene rings is 2. The molecule has 0 radical (unpaired) electrons. The first-order chi connectivity index (χ1) is 14.1. The summed E-state index contributed by atoms with van der Waals surface area (Å²) in [6, 6.07) is 15.4. The van der Waals surface area contributed by atoms with Crippen molar-refractivity contribution < 1.29 is 4.79 Å². The van der Waals surface area contributed by atoms with Crippen molar-refractivity contribution in [3.05, 3.63) is 65.5 Å². The Morgan fingerprint density at radius 1 is 1.14 bits per heavy atom. The third-order valence-corrected chi connectivity index (χ3v) is 4.70. The van der Waals surface area contributed by atoms with Crippen molar-refractivity contribution in [2.45, 2.75) is 33.4 Å². The lowest BCUT2D eigenvalue weighted by Gasteiger charge is -2.12. The van der Waals surface area contributed by atoms with E-state index in [1.165, 1.54) is 5.52 Å². The lowest BCUT2D eigenvalue weighted by Crippen LogP contribution is -2.38. The molecule has 3 aromatic rings. The van der Waals surface area contributed by atoms with Crippen LogP contribution in [0.15, 0.2) is 53.5 Å². The first-order valence-corrected chi connectivity index (χ1v) is 9.91. The number of hydrogen-bond acceptors (Lipinski definition) is 3. The molecule has 0 saturated heterocycles. The number of nitrogens with two attached hydrogens (primary N) is 1. The van der Waals surface area contributed by atoms with Crippen molar-refractivity contribution >= 4 is 22.9 Å². The summed E-state index contributed by atoms with van der Waals surface area (Å²) >= 11 is 0. The van der Waals surface area contributed by atoms with Gasteiger partial charge in [0.05, 0.1) is 17.6 Å². The molecule has 1 heterocycles. The summed E-state index contributed by atoms with van der Waals surface area (Å²) in [5.74, 6) is 1.39. The highest BCUT2D eigenvalue weighted by Crippen LogP contribution is 2.15. The summed E-state index contributed by atoms with van der Waals surface area (Å²) in [7, 11) is 0. The first-order valence-electron chi connectivity index (χ1n) is 9.91. The van der Waals surface area contributed by atoms with E-state index in [1.54, 1.807) is 12.1 Å². The third kappa shape index (κ3) is 5.34. The van der Waals surface area contributed by atoms with Gasteiger partial charge in [-0.05, 0) is 50.1 Å². The minimum Gasteiger partial charge on any atom is -0.366 e. The largest absolute Gasteiger partial charge is 0.366 e. The Hall–Kier alpha value is -3.35. The molecule has 0 fully saturated rings. The van der Waals surface area contributed by atoms with Crippen LogP contribution in [-0.4, -0.2) is 34.5 Å². The van der Waals surface area contributed by atoms with E-state index in [4.69, 9.17) is 5.73 Å². The molecule has 4 N–H and O–H groups in total. The summed E-state index contributed by atoms with van der Waals surface area (Å²) in [4.78, 5) is 20.4. The first kappa shape index (κ1) is 20.4. The van der Waals surface area contributed by atoms with Crippen LogP contribution in [0.5, 0.6) is 0 Å². The minimum absolute atomic E-state index is 0.420. The van der Waals surface area contributed by atoms with E-state index in [0.717, 1.165) is 48.9 Å². The number of para-hydroxylation sites is 2. The van der Waals surface area contributed by atoms with Crippen molar-refractivity contribution in [1.82, 2.24) is 20.2 Å². The van der Waals surface area contributed by atoms with Gasteiger partial charge in [-0.1, -0.05) is 24.3 Å². The number of aryl methyl sites for hydroxylation is 2. The molecule has 0 atom stereocenters. The number of fused-ring (bicyclic) bond motifs is 1. The van der Waals surface area contributed by atoms with Crippen molar-refractivity contribution in [1.29, 1.82) is 0 Å². The normalized spacial score (nSPS) is 11.6. The molecule has 2 aromatic carbocycles. The molecule has 7 nitrogen and oxygen atoms in total. The zero-order chi connectivity index (χ0) is 20.6. The highest BCUT2D eigenvalue weighted by Gasteiger charge is 2.06. The fourth-order valence-electron chi connectivity index (χ4n) is 3.21. The van der Waals surface area contributed by atoms with E-state index in [1.807, 2.05) is 44.2 Å². The van der Waals surface area contributed by atoms with Crippen molar-refractivity contribution in [3.63, 3.8) is 0 Å². The average molecular weight is 393 g/mol. The number of imidazole rings is 1. The standard InChI is InChI=1S/C22H28N6O/c1-3-24-22(26-15-17-9-11-18(12-10-17)21(23)29)25-13-6-14-28-16(2)27-19-7-4-5-8-20(19)28/h4-5,7-12H,3,6,13-15H2,1-2H3,(H2,23,29)(H2,24,25,26). The van der Waals surface area contributed by atoms with Gasteiger partial charge < -0.3 is 20.9 Å². The Morgan fingerprint density at radius 3 is 2.62 bits per heavy atom. The second kappa shape index (κ2) is 9.73. The summed E-state index contributed by atoms with van der Waals surface area (Å²) < 4.78 is 2.25. The SMILES string of the molecule is CCNC(=NCc1ccc(C(N)=O)cc1)NCCCn1c(C)nc2ccccc21. The Balaban J connectivity index is 1.54. The van der Waals surface area contributed by atoms with Crippen LogP contribution in [0.2, 0.25) is 0 Å². The molecule has 0 aliphatic heterocycles. The van der Waals surface area contributed by atoms with Crippen LogP contribution in [0.3, 0.4) is 0 Å². The molecule has 1 amide bonds. The molecule has 0 spiro atoms.